The van der Waals surface area contributed by atoms with Gasteiger partial charge in [-0.1, -0.05) is 6.07 Å². The van der Waals surface area contributed by atoms with Gasteiger partial charge < -0.3 is 19.5 Å². The number of methoxy groups -OCH3 is 1. The second kappa shape index (κ2) is 10.9. The van der Waals surface area contributed by atoms with Crippen LogP contribution in [0.5, 0.6) is 0 Å². The van der Waals surface area contributed by atoms with Gasteiger partial charge in [-0.15, -0.1) is 0 Å². The fraction of sp³-hybridized carbons (Fsp3) is 0.731. The van der Waals surface area contributed by atoms with E-state index in [9.17, 15) is 9.59 Å². The Balaban J connectivity index is 1.12. The summed E-state index contributed by atoms with van der Waals surface area (Å²) >= 11 is 0. The molecule has 0 aromatic carbocycles. The fourth-order valence-corrected chi connectivity index (χ4v) is 5.08. The van der Waals surface area contributed by atoms with E-state index in [4.69, 9.17) is 19.2 Å². The van der Waals surface area contributed by atoms with Gasteiger partial charge in [0.25, 0.3) is 0 Å². The van der Waals surface area contributed by atoms with Crippen molar-refractivity contribution in [3.63, 3.8) is 0 Å². The van der Waals surface area contributed by atoms with E-state index in [0.29, 0.717) is 18.9 Å². The zero-order valence-corrected chi connectivity index (χ0v) is 20.1. The third kappa shape index (κ3) is 6.46. The topological polar surface area (TPSA) is 86.8 Å². The predicted octanol–water partition coefficient (Wildman–Crippen LogP) is 4.29. The molecule has 1 atom stereocenters. The van der Waals surface area contributed by atoms with E-state index in [1.54, 1.807) is 0 Å². The van der Waals surface area contributed by atoms with E-state index in [-0.39, 0.29) is 6.10 Å². The Morgan fingerprint density at radius 2 is 1.97 bits per heavy atom. The molecule has 33 heavy (non-hydrogen) atoms. The molecule has 0 spiro atoms. The van der Waals surface area contributed by atoms with Crippen molar-refractivity contribution in [2.24, 2.45) is 5.92 Å². The number of pyridine rings is 1. The summed E-state index contributed by atoms with van der Waals surface area (Å²) in [4.78, 5) is 29.1. The van der Waals surface area contributed by atoms with Crippen molar-refractivity contribution >= 4 is 12.1 Å². The van der Waals surface area contributed by atoms with Gasteiger partial charge in [0.1, 0.15) is 11.6 Å². The van der Waals surface area contributed by atoms with Crippen LogP contribution in [0.15, 0.2) is 12.1 Å². The molecule has 1 heterocycles. The molecule has 1 aromatic rings. The largest absolute Gasteiger partial charge is 0.467 e. The normalized spacial score (nSPS) is 23.9. The molecule has 2 saturated carbocycles. The Labute approximate surface area is 197 Å². The average molecular weight is 459 g/mol. The Bertz CT molecular complexity index is 832. The maximum atomic E-state index is 12.2. The SMILES string of the molecule is COC(=O)[C@H](CCOC1CC(CCc2ccc3c(n2)CCCC3)C1)NC(=O)OC1(C)CCC1. The number of fused-ring (bicyclic) bond motifs is 1. The monoisotopic (exact) mass is 458 g/mol. The molecule has 1 N–H and O–H groups in total. The number of esters is 1. The fourth-order valence-electron chi connectivity index (χ4n) is 5.08. The first kappa shape index (κ1) is 24.0. The minimum absolute atomic E-state index is 0.227. The maximum Gasteiger partial charge on any atom is 0.408 e. The van der Waals surface area contributed by atoms with Crippen molar-refractivity contribution < 1.29 is 23.8 Å². The van der Waals surface area contributed by atoms with Crippen LogP contribution in [-0.2, 0) is 38.3 Å². The molecule has 182 valence electrons. The summed E-state index contributed by atoms with van der Waals surface area (Å²) in [5.41, 5.74) is 3.56. The number of aryl methyl sites for hydroxylation is 3. The van der Waals surface area contributed by atoms with Crippen LogP contribution in [-0.4, -0.2) is 48.5 Å². The zero-order valence-electron chi connectivity index (χ0n) is 20.1. The molecule has 3 aliphatic rings. The summed E-state index contributed by atoms with van der Waals surface area (Å²) in [7, 11) is 1.32. The number of carbonyl (C=O) groups is 2. The Morgan fingerprint density at radius 3 is 2.70 bits per heavy atom. The number of carbonyl (C=O) groups excluding carboxylic acids is 2. The van der Waals surface area contributed by atoms with Crippen LogP contribution in [0.4, 0.5) is 4.79 Å². The number of ether oxygens (including phenoxy) is 3. The lowest BCUT2D eigenvalue weighted by molar-refractivity contribution is -0.144. The van der Waals surface area contributed by atoms with Crippen LogP contribution in [0.1, 0.15) is 81.7 Å². The number of nitrogens with zero attached hydrogens (tertiary/aromatic N) is 1. The highest BCUT2D eigenvalue weighted by atomic mass is 16.6. The number of hydrogen-bond donors (Lipinski definition) is 1. The lowest BCUT2D eigenvalue weighted by Crippen LogP contribution is -2.47. The van der Waals surface area contributed by atoms with Gasteiger partial charge in [-0.25, -0.2) is 9.59 Å². The van der Waals surface area contributed by atoms with Crippen LogP contribution in [0, 0.1) is 5.92 Å². The molecule has 4 rings (SSSR count). The Kier molecular flexibility index (Phi) is 7.89. The smallest absolute Gasteiger partial charge is 0.408 e. The predicted molar refractivity (Wildman–Crippen MR) is 124 cm³/mol. The number of hydrogen-bond acceptors (Lipinski definition) is 6. The molecule has 0 aliphatic heterocycles. The third-order valence-electron chi connectivity index (χ3n) is 7.53. The van der Waals surface area contributed by atoms with Gasteiger partial charge in [-0.3, -0.25) is 4.98 Å². The van der Waals surface area contributed by atoms with E-state index >= 15 is 0 Å². The number of nitrogens with one attached hydrogen (secondary N) is 1. The first-order valence-corrected chi connectivity index (χ1v) is 12.6. The number of alkyl carbamates (subject to hydrolysis) is 1. The molecule has 3 aliphatic carbocycles. The molecule has 7 heteroatoms. The summed E-state index contributed by atoms with van der Waals surface area (Å²) in [6, 6.07) is 3.72. The highest BCUT2D eigenvalue weighted by Gasteiger charge is 2.37. The van der Waals surface area contributed by atoms with E-state index < -0.39 is 23.7 Å². The first-order chi connectivity index (χ1) is 15.9. The lowest BCUT2D eigenvalue weighted by atomic mass is 9.79. The van der Waals surface area contributed by atoms with Crippen molar-refractivity contribution in [1.82, 2.24) is 10.3 Å². The van der Waals surface area contributed by atoms with E-state index in [1.165, 1.54) is 43.3 Å². The Morgan fingerprint density at radius 1 is 1.18 bits per heavy atom. The van der Waals surface area contributed by atoms with E-state index in [2.05, 4.69) is 17.4 Å². The van der Waals surface area contributed by atoms with Gasteiger partial charge in [0.15, 0.2) is 0 Å². The zero-order chi connectivity index (χ0) is 23.3. The maximum absolute atomic E-state index is 12.2. The average Bonchev–Trinajstić information content (AvgIpc) is 2.77. The van der Waals surface area contributed by atoms with Crippen LogP contribution < -0.4 is 5.32 Å². The molecule has 2 fully saturated rings. The quantitative estimate of drug-likeness (QED) is 0.527. The summed E-state index contributed by atoms with van der Waals surface area (Å²) in [5.74, 6) is 0.193. The molecule has 0 unspecified atom stereocenters. The number of amides is 1. The van der Waals surface area contributed by atoms with Gasteiger partial charge >= 0.3 is 12.1 Å². The highest BCUT2D eigenvalue weighted by molar-refractivity contribution is 5.81. The molecule has 1 aromatic heterocycles. The number of rotatable bonds is 10. The minimum atomic E-state index is -0.753. The molecule has 0 saturated heterocycles. The molecule has 0 radical (unpaired) electrons. The van der Waals surface area contributed by atoms with E-state index in [0.717, 1.165) is 51.4 Å². The van der Waals surface area contributed by atoms with Gasteiger partial charge in [0.05, 0.1) is 13.2 Å². The van der Waals surface area contributed by atoms with Gasteiger partial charge in [-0.05, 0) is 95.1 Å². The molecule has 7 nitrogen and oxygen atoms in total. The van der Waals surface area contributed by atoms with Gasteiger partial charge in [0.2, 0.25) is 0 Å². The summed E-state index contributed by atoms with van der Waals surface area (Å²) in [6.07, 6.45) is 11.9. The van der Waals surface area contributed by atoms with Gasteiger partial charge in [0, 0.05) is 24.4 Å². The minimum Gasteiger partial charge on any atom is -0.467 e. The van der Waals surface area contributed by atoms with Crippen LogP contribution in [0.25, 0.3) is 0 Å². The standard InChI is InChI=1S/C26H38N2O5/c1-26(13-5-14-26)33-25(30)28-23(24(29)31-2)12-15-32-21-16-18(17-21)8-10-20-11-9-19-6-3-4-7-22(19)27-20/h9,11,18,21,23H,3-8,10,12-17H2,1-2H3,(H,28,30)/t18?,21?,23-/m0/s1. The molecular formula is C26H38N2O5. The van der Waals surface area contributed by atoms with Gasteiger partial charge in [-0.2, -0.15) is 0 Å². The first-order valence-electron chi connectivity index (χ1n) is 12.6. The third-order valence-corrected chi connectivity index (χ3v) is 7.53. The molecular weight excluding hydrogens is 420 g/mol. The Hall–Kier alpha value is -2.15. The van der Waals surface area contributed by atoms with Crippen molar-refractivity contribution in [2.75, 3.05) is 13.7 Å². The number of aromatic nitrogens is 1. The van der Waals surface area contributed by atoms with Crippen molar-refractivity contribution in [2.45, 2.75) is 102 Å². The van der Waals surface area contributed by atoms with Crippen LogP contribution in [0.2, 0.25) is 0 Å². The second-order valence-corrected chi connectivity index (χ2v) is 10.2. The summed E-state index contributed by atoms with van der Waals surface area (Å²) in [6.45, 7) is 2.32. The second-order valence-electron chi connectivity index (χ2n) is 10.2. The van der Waals surface area contributed by atoms with Crippen LogP contribution in [0.3, 0.4) is 0 Å². The van der Waals surface area contributed by atoms with Crippen molar-refractivity contribution in [3.05, 3.63) is 29.1 Å². The highest BCUT2D eigenvalue weighted by Crippen LogP contribution is 2.35. The van der Waals surface area contributed by atoms with Crippen molar-refractivity contribution in [3.8, 4) is 0 Å². The molecule has 0 bridgehead atoms. The molecule has 1 amide bonds. The summed E-state index contributed by atoms with van der Waals surface area (Å²) in [5, 5.41) is 2.65. The summed E-state index contributed by atoms with van der Waals surface area (Å²) < 4.78 is 16.3. The van der Waals surface area contributed by atoms with E-state index in [1.807, 2.05) is 6.92 Å². The lowest BCUT2D eigenvalue weighted by Gasteiger charge is -2.37. The van der Waals surface area contributed by atoms with Crippen molar-refractivity contribution in [1.29, 1.82) is 0 Å². The van der Waals surface area contributed by atoms with Crippen LogP contribution >= 0.6 is 0 Å².